The van der Waals surface area contributed by atoms with Crippen molar-refractivity contribution >= 4 is 11.8 Å². The van der Waals surface area contributed by atoms with E-state index < -0.39 is 0 Å². The normalized spacial score (nSPS) is 10.8. The maximum Gasteiger partial charge on any atom is 0.210 e. The van der Waals surface area contributed by atoms with E-state index in [-0.39, 0.29) is 0 Å². The molecule has 3 aromatic rings. The van der Waals surface area contributed by atoms with E-state index in [1.165, 1.54) is 16.7 Å². The molecule has 0 unspecified atom stereocenters. The minimum Gasteiger partial charge on any atom is -0.494 e. The highest BCUT2D eigenvalue weighted by Crippen LogP contribution is 2.26. The molecule has 0 radical (unpaired) electrons. The zero-order valence-corrected chi connectivity index (χ0v) is 15.5. The Bertz CT molecular complexity index is 858. The predicted molar refractivity (Wildman–Crippen MR) is 102 cm³/mol. The Balaban J connectivity index is 1.75. The molecule has 0 fully saturated rings. The van der Waals surface area contributed by atoms with Crippen LogP contribution in [-0.2, 0) is 5.75 Å². The van der Waals surface area contributed by atoms with Crippen LogP contribution in [0.2, 0.25) is 0 Å². The van der Waals surface area contributed by atoms with E-state index in [2.05, 4.69) is 42.2 Å². The van der Waals surface area contributed by atoms with Gasteiger partial charge in [0.1, 0.15) is 5.75 Å². The zero-order chi connectivity index (χ0) is 17.8. The van der Waals surface area contributed by atoms with Crippen LogP contribution in [0.1, 0.15) is 23.6 Å². The fourth-order valence-corrected chi connectivity index (χ4v) is 3.46. The summed E-state index contributed by atoms with van der Waals surface area (Å²) in [5.74, 6) is 8.49. The molecule has 0 aliphatic heterocycles. The molecule has 130 valence electrons. The summed E-state index contributed by atoms with van der Waals surface area (Å²) in [4.78, 5) is 0. The van der Waals surface area contributed by atoms with Gasteiger partial charge in [-0.3, -0.25) is 0 Å². The lowest BCUT2D eigenvalue weighted by molar-refractivity contribution is 0.340. The number of aromatic nitrogens is 3. The smallest absolute Gasteiger partial charge is 0.210 e. The van der Waals surface area contributed by atoms with E-state index in [4.69, 9.17) is 10.6 Å². The fraction of sp³-hybridized carbons (Fsp3) is 0.263. The van der Waals surface area contributed by atoms with Crippen LogP contribution in [-0.4, -0.2) is 21.5 Å². The molecule has 25 heavy (non-hydrogen) atoms. The third kappa shape index (κ3) is 3.96. The standard InChI is InChI=1S/C19H22N4OS/c1-4-24-17-9-7-15(8-10-17)18-21-22-19(23(18)20)25-12-16-11-13(2)5-6-14(16)3/h5-11H,4,12,20H2,1-3H3. The van der Waals surface area contributed by atoms with Gasteiger partial charge < -0.3 is 10.6 Å². The Hall–Kier alpha value is -2.47. The second-order valence-electron chi connectivity index (χ2n) is 5.85. The van der Waals surface area contributed by atoms with Gasteiger partial charge in [0, 0.05) is 11.3 Å². The van der Waals surface area contributed by atoms with Crippen LogP contribution in [0.15, 0.2) is 47.6 Å². The number of nitrogens with zero attached hydrogens (tertiary/aromatic N) is 3. The van der Waals surface area contributed by atoms with Crippen LogP contribution < -0.4 is 10.6 Å². The minimum atomic E-state index is 0.644. The van der Waals surface area contributed by atoms with Crippen LogP contribution in [0.25, 0.3) is 11.4 Å². The number of hydrogen-bond donors (Lipinski definition) is 1. The van der Waals surface area contributed by atoms with E-state index in [1.807, 2.05) is 31.2 Å². The van der Waals surface area contributed by atoms with Gasteiger partial charge in [0.2, 0.25) is 5.16 Å². The van der Waals surface area contributed by atoms with Crippen LogP contribution in [0.4, 0.5) is 0 Å². The third-order valence-corrected chi connectivity index (χ3v) is 4.94. The Morgan fingerprint density at radius 3 is 2.56 bits per heavy atom. The van der Waals surface area contributed by atoms with Gasteiger partial charge >= 0.3 is 0 Å². The molecule has 1 aromatic heterocycles. The maximum absolute atomic E-state index is 6.20. The van der Waals surface area contributed by atoms with Crippen molar-refractivity contribution in [2.24, 2.45) is 0 Å². The molecule has 3 rings (SSSR count). The first-order valence-corrected chi connectivity index (χ1v) is 9.19. The number of hydrogen-bond acceptors (Lipinski definition) is 5. The van der Waals surface area contributed by atoms with Crippen LogP contribution in [0.5, 0.6) is 5.75 Å². The molecule has 2 N–H and O–H groups in total. The monoisotopic (exact) mass is 354 g/mol. The molecular weight excluding hydrogens is 332 g/mol. The highest BCUT2D eigenvalue weighted by atomic mass is 32.2. The molecule has 0 saturated carbocycles. The highest BCUT2D eigenvalue weighted by molar-refractivity contribution is 7.98. The summed E-state index contributed by atoms with van der Waals surface area (Å²) < 4.78 is 7.01. The van der Waals surface area contributed by atoms with Gasteiger partial charge in [0.15, 0.2) is 5.82 Å². The summed E-state index contributed by atoms with van der Waals surface area (Å²) in [6, 6.07) is 14.2. The fourth-order valence-electron chi connectivity index (χ4n) is 2.54. The van der Waals surface area contributed by atoms with Crippen LogP contribution >= 0.6 is 11.8 Å². The van der Waals surface area contributed by atoms with Gasteiger partial charge in [-0.25, -0.2) is 4.68 Å². The zero-order valence-electron chi connectivity index (χ0n) is 14.7. The Kier molecular flexibility index (Phi) is 5.28. The summed E-state index contributed by atoms with van der Waals surface area (Å²) >= 11 is 1.59. The van der Waals surface area contributed by atoms with Crippen molar-refractivity contribution in [2.45, 2.75) is 31.7 Å². The molecule has 0 saturated heterocycles. The second kappa shape index (κ2) is 7.61. The molecule has 1 heterocycles. The van der Waals surface area contributed by atoms with Crippen molar-refractivity contribution in [1.29, 1.82) is 0 Å². The Morgan fingerprint density at radius 1 is 1.08 bits per heavy atom. The quantitative estimate of drug-likeness (QED) is 0.536. The predicted octanol–water partition coefficient (Wildman–Crippen LogP) is 3.97. The van der Waals surface area contributed by atoms with Gasteiger partial charge in [0.25, 0.3) is 0 Å². The van der Waals surface area contributed by atoms with Gasteiger partial charge in [-0.05, 0) is 56.2 Å². The molecular formula is C19H22N4OS. The number of ether oxygens (including phenoxy) is 1. The van der Waals surface area contributed by atoms with Crippen molar-refractivity contribution in [1.82, 2.24) is 14.9 Å². The van der Waals surface area contributed by atoms with Crippen molar-refractivity contribution in [3.05, 3.63) is 59.2 Å². The minimum absolute atomic E-state index is 0.644. The van der Waals surface area contributed by atoms with E-state index in [0.29, 0.717) is 17.6 Å². The number of nitrogens with two attached hydrogens (primary N) is 1. The number of rotatable bonds is 6. The maximum atomic E-state index is 6.20. The molecule has 6 heteroatoms. The summed E-state index contributed by atoms with van der Waals surface area (Å²) in [5, 5.41) is 9.18. The van der Waals surface area contributed by atoms with Crippen LogP contribution in [0.3, 0.4) is 0 Å². The van der Waals surface area contributed by atoms with Crippen molar-refractivity contribution in [2.75, 3.05) is 12.4 Å². The number of aryl methyl sites for hydroxylation is 2. The van der Waals surface area contributed by atoms with Crippen molar-refractivity contribution < 1.29 is 4.74 Å². The average Bonchev–Trinajstić information content (AvgIpc) is 2.97. The molecule has 0 bridgehead atoms. The molecule has 5 nitrogen and oxygen atoms in total. The van der Waals surface area contributed by atoms with Crippen LogP contribution in [0, 0.1) is 13.8 Å². The first kappa shape index (κ1) is 17.4. The van der Waals surface area contributed by atoms with Crippen molar-refractivity contribution in [3.8, 4) is 17.1 Å². The Morgan fingerprint density at radius 2 is 1.84 bits per heavy atom. The van der Waals surface area contributed by atoms with E-state index in [0.717, 1.165) is 17.1 Å². The summed E-state index contributed by atoms with van der Waals surface area (Å²) in [7, 11) is 0. The lowest BCUT2D eigenvalue weighted by Crippen LogP contribution is -2.11. The molecule has 0 aliphatic carbocycles. The highest BCUT2D eigenvalue weighted by Gasteiger charge is 2.13. The van der Waals surface area contributed by atoms with Gasteiger partial charge in [-0.1, -0.05) is 35.5 Å². The summed E-state index contributed by atoms with van der Waals surface area (Å²) in [6.45, 7) is 6.83. The summed E-state index contributed by atoms with van der Waals surface area (Å²) in [5.41, 5.74) is 4.73. The Labute approximate surface area is 152 Å². The summed E-state index contributed by atoms with van der Waals surface area (Å²) in [6.07, 6.45) is 0. The molecule has 0 spiro atoms. The third-order valence-electron chi connectivity index (χ3n) is 3.95. The lowest BCUT2D eigenvalue weighted by Gasteiger charge is -2.07. The van der Waals surface area contributed by atoms with Crippen molar-refractivity contribution in [3.63, 3.8) is 0 Å². The molecule has 0 amide bonds. The number of thioether (sulfide) groups is 1. The van der Waals surface area contributed by atoms with Gasteiger partial charge in [0.05, 0.1) is 6.61 Å². The topological polar surface area (TPSA) is 66.0 Å². The van der Waals surface area contributed by atoms with E-state index in [1.54, 1.807) is 16.4 Å². The largest absolute Gasteiger partial charge is 0.494 e. The average molecular weight is 354 g/mol. The first-order chi connectivity index (χ1) is 12.1. The van der Waals surface area contributed by atoms with E-state index in [9.17, 15) is 0 Å². The molecule has 0 aliphatic rings. The molecule has 2 aromatic carbocycles. The van der Waals surface area contributed by atoms with E-state index >= 15 is 0 Å². The molecule has 0 atom stereocenters. The van der Waals surface area contributed by atoms with Gasteiger partial charge in [-0.2, -0.15) is 0 Å². The lowest BCUT2D eigenvalue weighted by atomic mass is 10.1. The SMILES string of the molecule is CCOc1ccc(-c2nnc(SCc3cc(C)ccc3C)n2N)cc1. The second-order valence-corrected chi connectivity index (χ2v) is 6.79. The number of nitrogen functional groups attached to an aromatic ring is 1. The first-order valence-electron chi connectivity index (χ1n) is 8.21. The number of benzene rings is 2. The van der Waals surface area contributed by atoms with Gasteiger partial charge in [-0.15, -0.1) is 10.2 Å².